The molecular weight excluding hydrogens is 368 g/mol. The van der Waals surface area contributed by atoms with Crippen LogP contribution < -0.4 is 19.5 Å². The van der Waals surface area contributed by atoms with Gasteiger partial charge >= 0.3 is 0 Å². The van der Waals surface area contributed by atoms with Crippen molar-refractivity contribution in [3.8, 4) is 11.5 Å². The minimum absolute atomic E-state index is 0.0102. The summed E-state index contributed by atoms with van der Waals surface area (Å²) in [6.45, 7) is 2.27. The molecule has 142 valence electrons. The Balaban J connectivity index is 1.98. The summed E-state index contributed by atoms with van der Waals surface area (Å²) in [6.07, 6.45) is 0.520. The van der Waals surface area contributed by atoms with Crippen LogP contribution in [0.5, 0.6) is 11.5 Å². The van der Waals surface area contributed by atoms with E-state index < -0.39 is 25.4 Å². The zero-order valence-corrected chi connectivity index (χ0v) is 16.2. The van der Waals surface area contributed by atoms with E-state index in [0.717, 1.165) is 0 Å². The number of hydrogen-bond donors (Lipinski definition) is 2. The summed E-state index contributed by atoms with van der Waals surface area (Å²) in [5.41, 5.74) is -0.516. The molecule has 1 aliphatic heterocycles. The molecule has 1 heterocycles. The molecule has 0 aromatic heterocycles. The first kappa shape index (κ1) is 20.0. The van der Waals surface area contributed by atoms with Gasteiger partial charge in [0.2, 0.25) is 10.0 Å². The molecule has 0 radical (unpaired) electrons. The molecule has 0 saturated carbocycles. The summed E-state index contributed by atoms with van der Waals surface area (Å²) >= 11 is 0. The predicted molar refractivity (Wildman–Crippen MR) is 94.4 cm³/mol. The number of rotatable bonds is 8. The summed E-state index contributed by atoms with van der Waals surface area (Å²) in [5, 5.41) is 3.13. The lowest BCUT2D eigenvalue weighted by molar-refractivity contribution is 0.390. The molecule has 2 rings (SSSR count). The van der Waals surface area contributed by atoms with Crippen LogP contribution in [0.4, 0.5) is 0 Å². The lowest BCUT2D eigenvalue weighted by Gasteiger charge is -2.24. The van der Waals surface area contributed by atoms with E-state index in [4.69, 9.17) is 9.47 Å². The molecule has 25 heavy (non-hydrogen) atoms. The van der Waals surface area contributed by atoms with Crippen molar-refractivity contribution < 1.29 is 26.3 Å². The van der Waals surface area contributed by atoms with Gasteiger partial charge in [-0.15, -0.1) is 0 Å². The number of hydrogen-bond acceptors (Lipinski definition) is 7. The van der Waals surface area contributed by atoms with E-state index in [0.29, 0.717) is 18.7 Å². The average molecular weight is 392 g/mol. The average Bonchev–Trinajstić information content (AvgIpc) is 2.84. The van der Waals surface area contributed by atoms with Gasteiger partial charge in [-0.05, 0) is 25.5 Å². The third kappa shape index (κ3) is 5.06. The maximum Gasteiger partial charge on any atom is 0.244 e. The molecule has 0 bridgehead atoms. The second kappa shape index (κ2) is 7.48. The largest absolute Gasteiger partial charge is 0.497 e. The zero-order chi connectivity index (χ0) is 18.7. The number of ether oxygens (including phenoxy) is 2. The van der Waals surface area contributed by atoms with Crippen LogP contribution >= 0.6 is 0 Å². The standard InChI is InChI=1S/C15H24N2O6S2/c1-15(6-9-24(18,19)11-15)16-7-8-17-25(20,21)14-10-12(22-2)4-5-13(14)23-3/h4-5,10,16-17H,6-9,11H2,1-3H3/t15-/m1/s1. The molecule has 1 fully saturated rings. The molecular formula is C15H24N2O6S2. The molecule has 1 aromatic rings. The fourth-order valence-corrected chi connectivity index (χ4v) is 6.11. The van der Waals surface area contributed by atoms with Crippen LogP contribution in [0.1, 0.15) is 13.3 Å². The summed E-state index contributed by atoms with van der Waals surface area (Å²) in [6, 6.07) is 4.52. The first-order valence-corrected chi connectivity index (χ1v) is 11.1. The fraction of sp³-hybridized carbons (Fsp3) is 0.600. The number of benzene rings is 1. The van der Waals surface area contributed by atoms with Crippen LogP contribution in [0.3, 0.4) is 0 Å². The van der Waals surface area contributed by atoms with Gasteiger partial charge in [-0.1, -0.05) is 0 Å². The van der Waals surface area contributed by atoms with Crippen molar-refractivity contribution in [3.63, 3.8) is 0 Å². The van der Waals surface area contributed by atoms with Crippen LogP contribution in [0, 0.1) is 0 Å². The molecule has 0 unspecified atom stereocenters. The van der Waals surface area contributed by atoms with Gasteiger partial charge in [0, 0.05) is 24.7 Å². The molecule has 2 N–H and O–H groups in total. The molecule has 1 atom stereocenters. The summed E-state index contributed by atoms with van der Waals surface area (Å²) in [4.78, 5) is -0.0102. The van der Waals surface area contributed by atoms with Crippen LogP contribution in [-0.2, 0) is 19.9 Å². The minimum atomic E-state index is -3.79. The zero-order valence-electron chi connectivity index (χ0n) is 14.5. The fourth-order valence-electron chi connectivity index (χ4n) is 2.77. The van der Waals surface area contributed by atoms with E-state index in [2.05, 4.69) is 10.0 Å². The Labute approximate surface area is 148 Å². The maximum atomic E-state index is 12.5. The lowest BCUT2D eigenvalue weighted by Crippen LogP contribution is -2.46. The molecule has 0 amide bonds. The number of sulfonamides is 1. The molecule has 10 heteroatoms. The first-order chi connectivity index (χ1) is 11.6. The number of sulfone groups is 1. The van der Waals surface area contributed by atoms with Crippen molar-refractivity contribution in [3.05, 3.63) is 18.2 Å². The third-order valence-electron chi connectivity index (χ3n) is 4.13. The van der Waals surface area contributed by atoms with Gasteiger partial charge in [-0.3, -0.25) is 0 Å². The normalized spacial score (nSPS) is 22.7. The molecule has 1 saturated heterocycles. The Morgan fingerprint density at radius 1 is 1.20 bits per heavy atom. The van der Waals surface area contributed by atoms with Gasteiger partial charge in [0.1, 0.15) is 16.4 Å². The highest BCUT2D eigenvalue weighted by atomic mass is 32.2. The van der Waals surface area contributed by atoms with E-state index in [1.54, 1.807) is 6.07 Å². The highest BCUT2D eigenvalue weighted by Gasteiger charge is 2.37. The van der Waals surface area contributed by atoms with Gasteiger partial charge in [0.25, 0.3) is 0 Å². The van der Waals surface area contributed by atoms with E-state index in [-0.39, 0.29) is 28.7 Å². The van der Waals surface area contributed by atoms with E-state index in [9.17, 15) is 16.8 Å². The van der Waals surface area contributed by atoms with Crippen LogP contribution in [0.15, 0.2) is 23.1 Å². The summed E-state index contributed by atoms with van der Waals surface area (Å²) < 4.78 is 60.8. The summed E-state index contributed by atoms with van der Waals surface area (Å²) in [5.74, 6) is 0.845. The monoisotopic (exact) mass is 392 g/mol. The van der Waals surface area contributed by atoms with Gasteiger partial charge in [-0.25, -0.2) is 21.6 Å². The van der Waals surface area contributed by atoms with Crippen molar-refractivity contribution in [2.75, 3.05) is 38.8 Å². The van der Waals surface area contributed by atoms with Crippen molar-refractivity contribution in [2.24, 2.45) is 0 Å². The van der Waals surface area contributed by atoms with Crippen LogP contribution in [0.2, 0.25) is 0 Å². The third-order valence-corrected chi connectivity index (χ3v) is 7.52. The Hall–Kier alpha value is -1.36. The molecule has 0 spiro atoms. The molecule has 0 aliphatic carbocycles. The lowest BCUT2D eigenvalue weighted by atomic mass is 10.0. The predicted octanol–water partition coefficient (Wildman–Crippen LogP) is 0.149. The Morgan fingerprint density at radius 2 is 1.92 bits per heavy atom. The quantitative estimate of drug-likeness (QED) is 0.606. The Kier molecular flexibility index (Phi) is 5.97. The minimum Gasteiger partial charge on any atom is -0.497 e. The van der Waals surface area contributed by atoms with E-state index >= 15 is 0 Å². The smallest absolute Gasteiger partial charge is 0.244 e. The Bertz CT molecular complexity index is 822. The topological polar surface area (TPSA) is 111 Å². The molecule has 1 aromatic carbocycles. The SMILES string of the molecule is COc1ccc(OC)c(S(=O)(=O)NCCN[C@]2(C)CCS(=O)(=O)C2)c1. The highest BCUT2D eigenvalue weighted by molar-refractivity contribution is 7.91. The molecule has 1 aliphatic rings. The van der Waals surface area contributed by atoms with Crippen molar-refractivity contribution in [1.82, 2.24) is 10.0 Å². The second-order valence-electron chi connectivity index (χ2n) is 6.24. The van der Waals surface area contributed by atoms with E-state index in [1.165, 1.54) is 26.4 Å². The first-order valence-electron chi connectivity index (χ1n) is 7.78. The van der Waals surface area contributed by atoms with Gasteiger partial charge in [0.15, 0.2) is 9.84 Å². The summed E-state index contributed by atoms with van der Waals surface area (Å²) in [7, 11) is -3.96. The van der Waals surface area contributed by atoms with Crippen LogP contribution in [-0.4, -0.2) is 61.2 Å². The van der Waals surface area contributed by atoms with Crippen molar-refractivity contribution in [1.29, 1.82) is 0 Å². The molecule has 8 nitrogen and oxygen atoms in total. The maximum absolute atomic E-state index is 12.5. The number of nitrogens with one attached hydrogen (secondary N) is 2. The van der Waals surface area contributed by atoms with Crippen molar-refractivity contribution in [2.45, 2.75) is 23.8 Å². The van der Waals surface area contributed by atoms with Gasteiger partial charge in [-0.2, -0.15) is 0 Å². The highest BCUT2D eigenvalue weighted by Crippen LogP contribution is 2.28. The van der Waals surface area contributed by atoms with Gasteiger partial charge < -0.3 is 14.8 Å². The van der Waals surface area contributed by atoms with Gasteiger partial charge in [0.05, 0.1) is 25.7 Å². The number of methoxy groups -OCH3 is 2. The van der Waals surface area contributed by atoms with Crippen molar-refractivity contribution >= 4 is 19.9 Å². The van der Waals surface area contributed by atoms with Crippen LogP contribution in [0.25, 0.3) is 0 Å². The Morgan fingerprint density at radius 3 is 2.48 bits per heavy atom. The second-order valence-corrected chi connectivity index (χ2v) is 10.2. The van der Waals surface area contributed by atoms with E-state index in [1.807, 2.05) is 6.92 Å².